The third-order valence-electron chi connectivity index (χ3n) is 5.21. The van der Waals surface area contributed by atoms with Gasteiger partial charge in [-0.3, -0.25) is 9.89 Å². The lowest BCUT2D eigenvalue weighted by atomic mass is 9.81. The molecule has 7 heteroatoms. The highest BCUT2D eigenvalue weighted by Crippen LogP contribution is 2.35. The molecule has 0 fully saturated rings. The summed E-state index contributed by atoms with van der Waals surface area (Å²) in [5, 5.41) is 9.80. The standard InChI is InChI=1S/C25H36FN5O/c1-23(2,3)15-25(7,8)30-21-19(24(4,5)6)29-20-18(14-28-31(20)21)22(32)27-13-16-9-11-17(26)12-10-16/h9-12,14,28,30H,13,15H2,1-8H3,(H,27,32). The fourth-order valence-electron chi connectivity index (χ4n) is 4.30. The van der Waals surface area contributed by atoms with Crippen LogP contribution in [0.5, 0.6) is 0 Å². The molecule has 6 nitrogen and oxygen atoms in total. The Kier molecular flexibility index (Phi) is 6.15. The maximum Gasteiger partial charge on any atom is 0.256 e. The van der Waals surface area contributed by atoms with Gasteiger partial charge in [-0.25, -0.2) is 13.9 Å². The first kappa shape index (κ1) is 23.8. The molecule has 2 aromatic heterocycles. The molecule has 3 aromatic rings. The summed E-state index contributed by atoms with van der Waals surface area (Å²) < 4.78 is 15.0. The summed E-state index contributed by atoms with van der Waals surface area (Å²) in [5.41, 5.74) is 2.55. The Morgan fingerprint density at radius 2 is 1.69 bits per heavy atom. The number of nitrogens with zero attached hydrogens (tertiary/aromatic N) is 2. The summed E-state index contributed by atoms with van der Waals surface area (Å²) in [6.45, 7) is 17.7. The summed E-state index contributed by atoms with van der Waals surface area (Å²) >= 11 is 0. The summed E-state index contributed by atoms with van der Waals surface area (Å²) in [6, 6.07) is 6.10. The van der Waals surface area contributed by atoms with Gasteiger partial charge in [0.05, 0.1) is 5.69 Å². The number of rotatable bonds is 6. The molecule has 0 unspecified atom stereocenters. The third-order valence-corrected chi connectivity index (χ3v) is 5.21. The number of hydrogen-bond acceptors (Lipinski definition) is 3. The maximum atomic E-state index is 13.1. The minimum atomic E-state index is -0.297. The van der Waals surface area contributed by atoms with E-state index in [2.05, 4.69) is 71.1 Å². The lowest BCUT2D eigenvalue weighted by molar-refractivity contribution is 0.0952. The van der Waals surface area contributed by atoms with E-state index in [1.165, 1.54) is 12.1 Å². The summed E-state index contributed by atoms with van der Waals surface area (Å²) in [6.07, 6.45) is 2.64. The molecule has 0 spiro atoms. The van der Waals surface area contributed by atoms with Gasteiger partial charge in [0.25, 0.3) is 5.91 Å². The number of aromatic amines is 1. The van der Waals surface area contributed by atoms with Crippen LogP contribution < -0.4 is 10.6 Å². The van der Waals surface area contributed by atoms with E-state index >= 15 is 0 Å². The molecule has 2 heterocycles. The van der Waals surface area contributed by atoms with Crippen LogP contribution in [0.25, 0.3) is 5.65 Å². The van der Waals surface area contributed by atoms with E-state index in [0.717, 1.165) is 23.5 Å². The smallest absolute Gasteiger partial charge is 0.256 e. The second-order valence-electron chi connectivity index (χ2n) is 11.5. The van der Waals surface area contributed by atoms with Crippen molar-refractivity contribution in [1.82, 2.24) is 19.9 Å². The molecule has 1 aromatic carbocycles. The number of halogens is 1. The fourth-order valence-corrected chi connectivity index (χ4v) is 4.30. The van der Waals surface area contributed by atoms with Gasteiger partial charge in [-0.05, 0) is 43.4 Å². The minimum absolute atomic E-state index is 0.156. The van der Waals surface area contributed by atoms with Crippen molar-refractivity contribution in [1.29, 1.82) is 0 Å². The normalized spacial score (nSPS) is 12.9. The van der Waals surface area contributed by atoms with Gasteiger partial charge in [0.1, 0.15) is 11.4 Å². The number of H-pyrrole nitrogens is 1. The van der Waals surface area contributed by atoms with Gasteiger partial charge in [-0.1, -0.05) is 53.7 Å². The van der Waals surface area contributed by atoms with Gasteiger partial charge >= 0.3 is 0 Å². The first-order valence-electron chi connectivity index (χ1n) is 11.1. The predicted octanol–water partition coefficient (Wildman–Crippen LogP) is 5.66. The van der Waals surface area contributed by atoms with Gasteiger partial charge < -0.3 is 10.6 Å². The van der Waals surface area contributed by atoms with Crippen molar-refractivity contribution < 1.29 is 9.18 Å². The Morgan fingerprint density at radius 1 is 1.06 bits per heavy atom. The molecular formula is C25H36FN5O. The number of imidazole rings is 1. The number of nitrogens with one attached hydrogen (secondary N) is 3. The van der Waals surface area contributed by atoms with Crippen LogP contribution in [0.3, 0.4) is 0 Å². The number of carbonyl (C=O) groups excluding carboxylic acids is 1. The molecule has 0 radical (unpaired) electrons. The maximum absolute atomic E-state index is 13.1. The van der Waals surface area contributed by atoms with E-state index in [1.807, 2.05) is 4.52 Å². The predicted molar refractivity (Wildman–Crippen MR) is 128 cm³/mol. The lowest BCUT2D eigenvalue weighted by Crippen LogP contribution is -2.36. The van der Waals surface area contributed by atoms with Crippen LogP contribution in [0, 0.1) is 11.2 Å². The summed E-state index contributed by atoms with van der Waals surface area (Å²) in [4.78, 5) is 17.8. The van der Waals surface area contributed by atoms with Crippen molar-refractivity contribution in [2.45, 2.75) is 79.3 Å². The van der Waals surface area contributed by atoms with Gasteiger partial charge in [-0.2, -0.15) is 0 Å². The SMILES string of the molecule is CC(C)(C)CC(C)(C)Nc1c(C(C)(C)C)nc2c(C(=O)NCc3ccc(F)cc3)c[nH]n12. The molecule has 0 aliphatic carbocycles. The molecule has 0 bridgehead atoms. The van der Waals surface area contributed by atoms with Crippen molar-refractivity contribution in [2.75, 3.05) is 5.32 Å². The molecule has 0 saturated heterocycles. The van der Waals surface area contributed by atoms with Gasteiger partial charge in [-0.15, -0.1) is 0 Å². The van der Waals surface area contributed by atoms with Gasteiger partial charge in [0.2, 0.25) is 0 Å². The van der Waals surface area contributed by atoms with Crippen molar-refractivity contribution in [3.63, 3.8) is 0 Å². The van der Waals surface area contributed by atoms with Crippen LogP contribution >= 0.6 is 0 Å². The highest BCUT2D eigenvalue weighted by atomic mass is 19.1. The monoisotopic (exact) mass is 441 g/mol. The Labute approximate surface area is 190 Å². The average molecular weight is 442 g/mol. The van der Waals surface area contributed by atoms with Gasteiger partial charge in [0.15, 0.2) is 11.5 Å². The molecule has 32 heavy (non-hydrogen) atoms. The van der Waals surface area contributed by atoms with E-state index in [1.54, 1.807) is 18.3 Å². The molecule has 0 saturated carbocycles. The second kappa shape index (κ2) is 8.26. The molecule has 174 valence electrons. The summed E-state index contributed by atoms with van der Waals surface area (Å²) in [7, 11) is 0. The number of hydrogen-bond donors (Lipinski definition) is 3. The number of aromatic nitrogens is 3. The average Bonchev–Trinajstić information content (AvgIpc) is 3.19. The first-order chi connectivity index (χ1) is 14.7. The zero-order chi connectivity index (χ0) is 23.9. The Hall–Kier alpha value is -2.83. The van der Waals surface area contributed by atoms with Crippen LogP contribution in [0.1, 0.15) is 83.4 Å². The van der Waals surface area contributed by atoms with Crippen LogP contribution in [-0.4, -0.2) is 26.0 Å². The highest BCUT2D eigenvalue weighted by Gasteiger charge is 2.32. The topological polar surface area (TPSA) is 74.2 Å². The number of amides is 1. The van der Waals surface area contributed by atoms with Crippen molar-refractivity contribution >= 4 is 17.4 Å². The second-order valence-corrected chi connectivity index (χ2v) is 11.5. The highest BCUT2D eigenvalue weighted by molar-refractivity contribution is 6.00. The van der Waals surface area contributed by atoms with E-state index in [-0.39, 0.29) is 28.1 Å². The van der Waals surface area contributed by atoms with Crippen LogP contribution in [0.15, 0.2) is 30.5 Å². The number of carbonyl (C=O) groups is 1. The largest absolute Gasteiger partial charge is 0.364 e. The lowest BCUT2D eigenvalue weighted by Gasteiger charge is -2.34. The Bertz CT molecular complexity index is 1090. The molecule has 1 amide bonds. The Balaban J connectivity index is 1.92. The van der Waals surface area contributed by atoms with Crippen LogP contribution in [0.2, 0.25) is 0 Å². The third kappa shape index (κ3) is 5.50. The molecule has 0 aliphatic heterocycles. The van der Waals surface area contributed by atoms with Crippen molar-refractivity contribution in [3.05, 3.63) is 53.1 Å². The zero-order valence-corrected chi connectivity index (χ0v) is 20.5. The number of anilines is 1. The molecule has 0 aliphatic rings. The molecule has 3 N–H and O–H groups in total. The van der Waals surface area contributed by atoms with E-state index in [9.17, 15) is 9.18 Å². The van der Waals surface area contributed by atoms with E-state index in [4.69, 9.17) is 4.98 Å². The fraction of sp³-hybridized carbons (Fsp3) is 0.520. The Morgan fingerprint density at radius 3 is 2.25 bits per heavy atom. The molecular weight excluding hydrogens is 405 g/mol. The molecule has 0 atom stereocenters. The van der Waals surface area contributed by atoms with E-state index in [0.29, 0.717) is 17.8 Å². The quantitative estimate of drug-likeness (QED) is 0.462. The van der Waals surface area contributed by atoms with Crippen molar-refractivity contribution in [3.8, 4) is 0 Å². The van der Waals surface area contributed by atoms with Crippen molar-refractivity contribution in [2.24, 2.45) is 5.41 Å². The van der Waals surface area contributed by atoms with Crippen LogP contribution in [0.4, 0.5) is 10.2 Å². The first-order valence-corrected chi connectivity index (χ1v) is 11.1. The van der Waals surface area contributed by atoms with Crippen LogP contribution in [-0.2, 0) is 12.0 Å². The number of fused-ring (bicyclic) bond motifs is 1. The summed E-state index contributed by atoms with van der Waals surface area (Å²) in [5.74, 6) is 0.347. The molecule has 3 rings (SSSR count). The minimum Gasteiger partial charge on any atom is -0.364 e. The number of benzene rings is 1. The zero-order valence-electron chi connectivity index (χ0n) is 20.5. The van der Waals surface area contributed by atoms with Gasteiger partial charge in [0, 0.05) is 23.7 Å². The van der Waals surface area contributed by atoms with E-state index < -0.39 is 0 Å².